The molecule has 2 nitrogen and oxygen atoms in total. The first kappa shape index (κ1) is 9.46. The topological polar surface area (TPSA) is 26.0 Å². The second kappa shape index (κ2) is 3.96. The maximum absolute atomic E-state index is 5.63. The second-order valence-corrected chi connectivity index (χ2v) is 4.51. The molecule has 14 heavy (non-hydrogen) atoms. The maximum Gasteiger partial charge on any atom is 0.195 e. The summed E-state index contributed by atoms with van der Waals surface area (Å²) in [6, 6.07) is 2.05. The van der Waals surface area contributed by atoms with Crippen molar-refractivity contribution in [2.75, 3.05) is 0 Å². The second-order valence-electron chi connectivity index (χ2n) is 3.73. The molecule has 0 N–H and O–H groups in total. The summed E-state index contributed by atoms with van der Waals surface area (Å²) < 4.78 is 5.63. The number of hydrogen-bond donors (Lipinski definition) is 0. The third-order valence-corrected chi connectivity index (χ3v) is 2.63. The van der Waals surface area contributed by atoms with Crippen LogP contribution < -0.4 is 0 Å². The number of nitrogens with zero attached hydrogens (tertiary/aromatic N) is 1. The van der Waals surface area contributed by atoms with Gasteiger partial charge in [-0.25, -0.2) is 4.98 Å². The number of hydrogen-bond acceptors (Lipinski definition) is 3. The van der Waals surface area contributed by atoms with Crippen LogP contribution in [0.3, 0.4) is 0 Å². The molecule has 0 radical (unpaired) electrons. The highest BCUT2D eigenvalue weighted by Crippen LogP contribution is 2.23. The van der Waals surface area contributed by atoms with Crippen molar-refractivity contribution in [2.24, 2.45) is 5.92 Å². The van der Waals surface area contributed by atoms with Gasteiger partial charge in [0.1, 0.15) is 0 Å². The molecular formula is C11H13NOS. The fourth-order valence-corrected chi connectivity index (χ4v) is 1.94. The Labute approximate surface area is 87.6 Å². The Morgan fingerprint density at radius 2 is 2.36 bits per heavy atom. The monoisotopic (exact) mass is 207 g/mol. The normalized spacial score (nSPS) is 11.1. The van der Waals surface area contributed by atoms with E-state index in [2.05, 4.69) is 24.2 Å². The Hall–Kier alpha value is -1.09. The lowest BCUT2D eigenvalue weighted by Gasteiger charge is -1.97. The first-order chi connectivity index (χ1) is 6.75. The fraction of sp³-hybridized carbons (Fsp3) is 0.364. The number of aromatic nitrogens is 1. The Morgan fingerprint density at radius 1 is 1.50 bits per heavy atom. The molecule has 0 atom stereocenters. The molecule has 0 aliphatic rings. The average Bonchev–Trinajstić information content (AvgIpc) is 2.69. The molecule has 0 saturated heterocycles. The van der Waals surface area contributed by atoms with Gasteiger partial charge in [0.15, 0.2) is 11.7 Å². The Balaban J connectivity index is 2.18. The summed E-state index contributed by atoms with van der Waals surface area (Å²) in [5.41, 5.74) is 1.12. The van der Waals surface area contributed by atoms with E-state index in [9.17, 15) is 0 Å². The summed E-state index contributed by atoms with van der Waals surface area (Å²) in [4.78, 5) is 4.25. The molecule has 0 amide bonds. The minimum atomic E-state index is 0.587. The van der Waals surface area contributed by atoms with E-state index in [1.54, 1.807) is 17.5 Å². The summed E-state index contributed by atoms with van der Waals surface area (Å²) in [7, 11) is 0. The molecule has 2 aromatic rings. The standard InChI is InChI=1S/C11H13NOS/c1-8(2)5-11-12-6-10(13-11)9-3-4-14-7-9/h3-4,6-8H,5H2,1-2H3. The Morgan fingerprint density at radius 3 is 3.00 bits per heavy atom. The number of oxazole rings is 1. The molecular weight excluding hydrogens is 194 g/mol. The van der Waals surface area contributed by atoms with Gasteiger partial charge in [-0.15, -0.1) is 0 Å². The van der Waals surface area contributed by atoms with E-state index < -0.39 is 0 Å². The van der Waals surface area contributed by atoms with E-state index in [1.165, 1.54) is 0 Å². The zero-order valence-electron chi connectivity index (χ0n) is 8.36. The third kappa shape index (κ3) is 2.04. The molecule has 2 rings (SSSR count). The van der Waals surface area contributed by atoms with E-state index in [-0.39, 0.29) is 0 Å². The minimum Gasteiger partial charge on any atom is -0.441 e. The Bertz CT molecular complexity index is 389. The predicted molar refractivity (Wildman–Crippen MR) is 58.4 cm³/mol. The van der Waals surface area contributed by atoms with Crippen molar-refractivity contribution in [1.82, 2.24) is 4.98 Å². The fourth-order valence-electron chi connectivity index (χ4n) is 1.29. The molecule has 0 spiro atoms. The molecule has 0 aromatic carbocycles. The van der Waals surface area contributed by atoms with Gasteiger partial charge in [0.05, 0.1) is 6.20 Å². The summed E-state index contributed by atoms with van der Waals surface area (Å²) >= 11 is 1.67. The van der Waals surface area contributed by atoms with Crippen molar-refractivity contribution in [3.8, 4) is 11.3 Å². The molecule has 0 bridgehead atoms. The van der Waals surface area contributed by atoms with Gasteiger partial charge in [-0.05, 0) is 17.4 Å². The zero-order valence-corrected chi connectivity index (χ0v) is 9.17. The summed E-state index contributed by atoms with van der Waals surface area (Å²) in [5.74, 6) is 2.30. The lowest BCUT2D eigenvalue weighted by Crippen LogP contribution is -1.92. The highest BCUT2D eigenvalue weighted by atomic mass is 32.1. The highest BCUT2D eigenvalue weighted by Gasteiger charge is 2.07. The highest BCUT2D eigenvalue weighted by molar-refractivity contribution is 7.08. The van der Waals surface area contributed by atoms with Crippen LogP contribution in [0.25, 0.3) is 11.3 Å². The number of rotatable bonds is 3. The summed E-state index contributed by atoms with van der Waals surface area (Å²) in [6.45, 7) is 4.32. The molecule has 0 aliphatic heterocycles. The summed E-state index contributed by atoms with van der Waals surface area (Å²) in [6.07, 6.45) is 2.71. The van der Waals surface area contributed by atoms with Crippen molar-refractivity contribution in [3.63, 3.8) is 0 Å². The predicted octanol–water partition coefficient (Wildman–Crippen LogP) is 3.60. The van der Waals surface area contributed by atoms with Crippen LogP contribution in [0.1, 0.15) is 19.7 Å². The van der Waals surface area contributed by atoms with Crippen molar-refractivity contribution in [2.45, 2.75) is 20.3 Å². The zero-order chi connectivity index (χ0) is 9.97. The van der Waals surface area contributed by atoms with Crippen LogP contribution >= 0.6 is 11.3 Å². The molecule has 2 aromatic heterocycles. The average molecular weight is 207 g/mol. The maximum atomic E-state index is 5.63. The van der Waals surface area contributed by atoms with Crippen LogP contribution in [0.4, 0.5) is 0 Å². The van der Waals surface area contributed by atoms with Crippen LogP contribution in [-0.4, -0.2) is 4.98 Å². The van der Waals surface area contributed by atoms with Crippen LogP contribution in [0.2, 0.25) is 0 Å². The van der Waals surface area contributed by atoms with E-state index in [0.717, 1.165) is 23.6 Å². The third-order valence-electron chi connectivity index (χ3n) is 1.94. The van der Waals surface area contributed by atoms with E-state index in [1.807, 2.05) is 11.4 Å². The SMILES string of the molecule is CC(C)Cc1ncc(-c2ccsc2)o1. The Kier molecular flexibility index (Phi) is 2.68. The van der Waals surface area contributed by atoms with Gasteiger partial charge in [0, 0.05) is 17.4 Å². The van der Waals surface area contributed by atoms with Gasteiger partial charge in [-0.1, -0.05) is 13.8 Å². The first-order valence-electron chi connectivity index (χ1n) is 4.73. The molecule has 74 valence electrons. The van der Waals surface area contributed by atoms with Gasteiger partial charge < -0.3 is 4.42 Å². The van der Waals surface area contributed by atoms with Crippen molar-refractivity contribution in [3.05, 3.63) is 28.9 Å². The van der Waals surface area contributed by atoms with Gasteiger partial charge in [0.2, 0.25) is 0 Å². The molecule has 0 saturated carbocycles. The van der Waals surface area contributed by atoms with Crippen molar-refractivity contribution < 1.29 is 4.42 Å². The van der Waals surface area contributed by atoms with Crippen LogP contribution in [0, 0.1) is 5.92 Å². The minimum absolute atomic E-state index is 0.587. The molecule has 0 aliphatic carbocycles. The van der Waals surface area contributed by atoms with Gasteiger partial charge >= 0.3 is 0 Å². The number of thiophene rings is 1. The van der Waals surface area contributed by atoms with Crippen molar-refractivity contribution >= 4 is 11.3 Å². The van der Waals surface area contributed by atoms with Gasteiger partial charge in [-0.3, -0.25) is 0 Å². The summed E-state index contributed by atoms with van der Waals surface area (Å²) in [5, 5.41) is 4.11. The molecule has 0 fully saturated rings. The lowest BCUT2D eigenvalue weighted by molar-refractivity contribution is 0.466. The van der Waals surface area contributed by atoms with Crippen LogP contribution in [0.15, 0.2) is 27.4 Å². The molecule has 3 heteroatoms. The van der Waals surface area contributed by atoms with Gasteiger partial charge in [0.25, 0.3) is 0 Å². The van der Waals surface area contributed by atoms with Crippen LogP contribution in [0.5, 0.6) is 0 Å². The quantitative estimate of drug-likeness (QED) is 0.768. The van der Waals surface area contributed by atoms with E-state index in [0.29, 0.717) is 5.92 Å². The largest absolute Gasteiger partial charge is 0.441 e. The molecule has 0 unspecified atom stereocenters. The van der Waals surface area contributed by atoms with Crippen molar-refractivity contribution in [1.29, 1.82) is 0 Å². The van der Waals surface area contributed by atoms with Crippen LogP contribution in [-0.2, 0) is 6.42 Å². The first-order valence-corrected chi connectivity index (χ1v) is 5.67. The van der Waals surface area contributed by atoms with E-state index >= 15 is 0 Å². The van der Waals surface area contributed by atoms with Gasteiger partial charge in [-0.2, -0.15) is 11.3 Å². The molecule has 2 heterocycles. The lowest BCUT2D eigenvalue weighted by atomic mass is 10.1. The smallest absolute Gasteiger partial charge is 0.195 e. The van der Waals surface area contributed by atoms with E-state index in [4.69, 9.17) is 4.42 Å².